The van der Waals surface area contributed by atoms with Crippen molar-refractivity contribution in [2.45, 2.75) is 19.4 Å². The van der Waals surface area contributed by atoms with Crippen LogP contribution in [0.3, 0.4) is 0 Å². The number of aliphatic carboxylic acids is 1. The number of carbonyl (C=O) groups is 2. The van der Waals surface area contributed by atoms with Gasteiger partial charge in [-0.2, -0.15) is 0 Å². The highest BCUT2D eigenvalue weighted by atomic mass is 79.9. The molecule has 0 spiro atoms. The van der Waals surface area contributed by atoms with E-state index in [1.54, 1.807) is 6.92 Å². The highest BCUT2D eigenvalue weighted by molar-refractivity contribution is 9.11. The molecule has 98 valence electrons. The third-order valence-corrected chi connectivity index (χ3v) is 2.88. The Bertz CT molecular complexity index is 469. The van der Waals surface area contributed by atoms with Crippen LogP contribution in [0.25, 0.3) is 0 Å². The highest BCUT2D eigenvalue weighted by Gasteiger charge is 2.18. The van der Waals surface area contributed by atoms with Crippen LogP contribution in [0.4, 0.5) is 10.6 Å². The maximum absolute atomic E-state index is 11.5. The van der Waals surface area contributed by atoms with Crippen molar-refractivity contribution in [3.05, 3.63) is 15.4 Å². The van der Waals surface area contributed by atoms with Crippen molar-refractivity contribution >= 4 is 49.7 Å². The van der Waals surface area contributed by atoms with Gasteiger partial charge in [-0.3, -0.25) is 5.32 Å². The number of hydrogen-bond acceptors (Lipinski definition) is 4. The van der Waals surface area contributed by atoms with Crippen molar-refractivity contribution in [2.75, 3.05) is 5.32 Å². The summed E-state index contributed by atoms with van der Waals surface area (Å²) in [5, 5.41) is 13.5. The first-order valence-electron chi connectivity index (χ1n) is 4.92. The molecule has 0 aliphatic heterocycles. The first-order chi connectivity index (χ1) is 8.43. The second-order valence-electron chi connectivity index (χ2n) is 3.23. The van der Waals surface area contributed by atoms with E-state index in [0.717, 1.165) is 0 Å². The van der Waals surface area contributed by atoms with Gasteiger partial charge in [-0.25, -0.2) is 19.6 Å². The van der Waals surface area contributed by atoms with Gasteiger partial charge in [0.05, 0.1) is 6.20 Å². The number of anilines is 1. The number of hydrogen-bond donors (Lipinski definition) is 3. The minimum absolute atomic E-state index is 0.205. The molecule has 1 unspecified atom stereocenters. The van der Waals surface area contributed by atoms with Crippen molar-refractivity contribution in [1.82, 2.24) is 15.3 Å². The van der Waals surface area contributed by atoms with Crippen molar-refractivity contribution in [2.24, 2.45) is 0 Å². The van der Waals surface area contributed by atoms with E-state index in [9.17, 15) is 9.59 Å². The van der Waals surface area contributed by atoms with Gasteiger partial charge in [0.2, 0.25) is 0 Å². The Morgan fingerprint density at radius 1 is 1.50 bits per heavy atom. The maximum Gasteiger partial charge on any atom is 0.326 e. The van der Waals surface area contributed by atoms with Gasteiger partial charge in [-0.1, -0.05) is 6.92 Å². The number of amides is 2. The number of rotatable bonds is 4. The van der Waals surface area contributed by atoms with Gasteiger partial charge >= 0.3 is 12.0 Å². The van der Waals surface area contributed by atoms with E-state index in [4.69, 9.17) is 5.11 Å². The van der Waals surface area contributed by atoms with Gasteiger partial charge in [-0.15, -0.1) is 0 Å². The van der Waals surface area contributed by atoms with Gasteiger partial charge < -0.3 is 10.4 Å². The first-order valence-corrected chi connectivity index (χ1v) is 6.51. The van der Waals surface area contributed by atoms with Crippen LogP contribution in [0.1, 0.15) is 13.3 Å². The molecule has 0 bridgehead atoms. The third-order valence-electron chi connectivity index (χ3n) is 1.94. The second-order valence-corrected chi connectivity index (χ2v) is 4.79. The van der Waals surface area contributed by atoms with E-state index >= 15 is 0 Å². The lowest BCUT2D eigenvalue weighted by molar-refractivity contribution is -0.139. The Kier molecular flexibility index (Phi) is 5.48. The summed E-state index contributed by atoms with van der Waals surface area (Å²) in [7, 11) is 0. The summed E-state index contributed by atoms with van der Waals surface area (Å²) < 4.78 is 0.854. The molecule has 1 atom stereocenters. The number of nitrogens with zero attached hydrogens (tertiary/aromatic N) is 2. The lowest BCUT2D eigenvalue weighted by Gasteiger charge is -2.13. The fourth-order valence-corrected chi connectivity index (χ4v) is 1.98. The molecule has 18 heavy (non-hydrogen) atoms. The van der Waals surface area contributed by atoms with Crippen LogP contribution >= 0.6 is 31.9 Å². The lowest BCUT2D eigenvalue weighted by atomic mass is 10.2. The number of halogens is 2. The van der Waals surface area contributed by atoms with Crippen LogP contribution < -0.4 is 10.6 Å². The van der Waals surface area contributed by atoms with E-state index in [2.05, 4.69) is 52.5 Å². The number of nitrogens with one attached hydrogen (secondary N) is 2. The van der Waals surface area contributed by atoms with Crippen LogP contribution in [-0.2, 0) is 4.79 Å². The molecular formula is C9H10Br2N4O3. The standard InChI is InChI=1S/C9H10Br2N4O3/c1-2-4(8(16)17)13-9(18)15-7-6(11)14-5(10)3-12-7/h3-4H,2H2,1H3,(H,16,17)(H2,12,13,15,18). The van der Waals surface area contributed by atoms with E-state index < -0.39 is 18.0 Å². The molecule has 1 heterocycles. The molecule has 1 aromatic heterocycles. The molecule has 0 aliphatic rings. The summed E-state index contributed by atoms with van der Waals surface area (Å²) in [5.41, 5.74) is 0. The van der Waals surface area contributed by atoms with Crippen LogP contribution in [0.15, 0.2) is 15.4 Å². The van der Waals surface area contributed by atoms with Crippen LogP contribution in [0.2, 0.25) is 0 Å². The van der Waals surface area contributed by atoms with Crippen LogP contribution in [0.5, 0.6) is 0 Å². The highest BCUT2D eigenvalue weighted by Crippen LogP contribution is 2.19. The molecule has 0 aliphatic carbocycles. The topological polar surface area (TPSA) is 104 Å². The third kappa shape index (κ3) is 4.22. The van der Waals surface area contributed by atoms with E-state index in [-0.39, 0.29) is 12.2 Å². The van der Waals surface area contributed by atoms with Gasteiger partial charge in [0, 0.05) is 0 Å². The molecule has 0 fully saturated rings. The Hall–Kier alpha value is -1.22. The van der Waals surface area contributed by atoms with Gasteiger partial charge in [-0.05, 0) is 38.3 Å². The number of carbonyl (C=O) groups excluding carboxylic acids is 1. The number of urea groups is 1. The van der Waals surface area contributed by atoms with Crippen LogP contribution in [0, 0.1) is 0 Å². The minimum atomic E-state index is -1.09. The smallest absolute Gasteiger partial charge is 0.326 e. The normalized spacial score (nSPS) is 11.7. The van der Waals surface area contributed by atoms with Crippen LogP contribution in [-0.4, -0.2) is 33.1 Å². The lowest BCUT2D eigenvalue weighted by Crippen LogP contribution is -2.42. The fourth-order valence-electron chi connectivity index (χ4n) is 1.07. The van der Waals surface area contributed by atoms with E-state index in [0.29, 0.717) is 9.21 Å². The zero-order valence-corrected chi connectivity index (χ0v) is 12.4. The van der Waals surface area contributed by atoms with Crippen molar-refractivity contribution in [3.8, 4) is 0 Å². The predicted octanol–water partition coefficient (Wildman–Crippen LogP) is 1.99. The summed E-state index contributed by atoms with van der Waals surface area (Å²) in [6.45, 7) is 1.66. The van der Waals surface area contributed by atoms with Crippen molar-refractivity contribution < 1.29 is 14.7 Å². The largest absolute Gasteiger partial charge is 0.480 e. The summed E-state index contributed by atoms with van der Waals surface area (Å²) in [5.74, 6) is -0.885. The quantitative estimate of drug-likeness (QED) is 0.739. The van der Waals surface area contributed by atoms with Crippen molar-refractivity contribution in [3.63, 3.8) is 0 Å². The molecule has 1 rings (SSSR count). The predicted molar refractivity (Wildman–Crippen MR) is 71.3 cm³/mol. The number of aromatic nitrogens is 2. The fraction of sp³-hybridized carbons (Fsp3) is 0.333. The first kappa shape index (κ1) is 14.8. The Labute approximate surface area is 120 Å². The average Bonchev–Trinajstić information content (AvgIpc) is 2.29. The molecule has 0 radical (unpaired) electrons. The SMILES string of the molecule is CCC(NC(=O)Nc1ncc(Br)nc1Br)C(=O)O. The summed E-state index contributed by atoms with van der Waals surface area (Å²) in [6.07, 6.45) is 1.70. The maximum atomic E-state index is 11.5. The number of carboxylic acids is 1. The van der Waals surface area contributed by atoms with Gasteiger partial charge in [0.1, 0.15) is 15.2 Å². The molecule has 9 heteroatoms. The molecular weight excluding hydrogens is 372 g/mol. The number of carboxylic acid groups (broad SMARTS) is 1. The van der Waals surface area contributed by atoms with Crippen molar-refractivity contribution in [1.29, 1.82) is 0 Å². The molecule has 1 aromatic rings. The molecule has 2 amide bonds. The van der Waals surface area contributed by atoms with Gasteiger partial charge in [0.25, 0.3) is 0 Å². The molecule has 0 saturated carbocycles. The zero-order chi connectivity index (χ0) is 13.7. The van der Waals surface area contributed by atoms with E-state index in [1.165, 1.54) is 6.20 Å². The minimum Gasteiger partial charge on any atom is -0.480 e. The summed E-state index contributed by atoms with van der Waals surface area (Å²) in [6, 6.07) is -1.59. The molecule has 0 saturated heterocycles. The molecule has 7 nitrogen and oxygen atoms in total. The van der Waals surface area contributed by atoms with Gasteiger partial charge in [0.15, 0.2) is 5.82 Å². The Morgan fingerprint density at radius 3 is 2.67 bits per heavy atom. The molecule has 0 aromatic carbocycles. The summed E-state index contributed by atoms with van der Waals surface area (Å²) >= 11 is 6.25. The Morgan fingerprint density at radius 2 is 2.17 bits per heavy atom. The van der Waals surface area contributed by atoms with E-state index in [1.807, 2.05) is 0 Å². The Balaban J connectivity index is 2.67. The average molecular weight is 382 g/mol. The second kappa shape index (κ2) is 6.64. The molecule has 3 N–H and O–H groups in total. The summed E-state index contributed by atoms with van der Waals surface area (Å²) in [4.78, 5) is 30.2. The monoisotopic (exact) mass is 380 g/mol. The zero-order valence-electron chi connectivity index (χ0n) is 9.28.